The Kier molecular flexibility index (Phi) is 6.98. The summed E-state index contributed by atoms with van der Waals surface area (Å²) in [5.74, 6) is -0.159. The molecule has 0 spiro atoms. The SMILES string of the molecule is CCOc1ccc(CC(=O)Nc2cc(F)ccc2NC(=O)OC(C)(C)C)cc1. The van der Waals surface area contributed by atoms with E-state index >= 15 is 0 Å². The molecule has 2 amide bonds. The molecule has 0 aliphatic carbocycles. The van der Waals surface area contributed by atoms with Crippen LogP contribution in [-0.2, 0) is 16.0 Å². The van der Waals surface area contributed by atoms with E-state index in [1.807, 2.05) is 6.92 Å². The minimum atomic E-state index is -0.693. The van der Waals surface area contributed by atoms with Gasteiger partial charge in [-0.3, -0.25) is 10.1 Å². The van der Waals surface area contributed by atoms with Gasteiger partial charge in [0, 0.05) is 0 Å². The molecule has 0 unspecified atom stereocenters. The van der Waals surface area contributed by atoms with Crippen molar-refractivity contribution in [1.82, 2.24) is 0 Å². The third-order valence-electron chi connectivity index (χ3n) is 3.49. The molecule has 0 radical (unpaired) electrons. The van der Waals surface area contributed by atoms with E-state index < -0.39 is 17.5 Å². The Morgan fingerprint density at radius 3 is 2.29 bits per heavy atom. The fourth-order valence-electron chi connectivity index (χ4n) is 2.39. The second-order valence-corrected chi connectivity index (χ2v) is 7.12. The van der Waals surface area contributed by atoms with Crippen molar-refractivity contribution in [3.63, 3.8) is 0 Å². The standard InChI is InChI=1S/C21H25FN2O4/c1-5-27-16-9-6-14(7-10-16)12-19(25)23-18-13-15(22)8-11-17(18)24-20(26)28-21(2,3)4/h6-11,13H,5,12H2,1-4H3,(H,23,25)(H,24,26). The zero-order valence-electron chi connectivity index (χ0n) is 16.5. The van der Waals surface area contributed by atoms with Crippen LogP contribution < -0.4 is 15.4 Å². The second-order valence-electron chi connectivity index (χ2n) is 7.12. The molecule has 0 heterocycles. The molecule has 0 aromatic heterocycles. The third kappa shape index (κ3) is 6.90. The topological polar surface area (TPSA) is 76.7 Å². The minimum Gasteiger partial charge on any atom is -0.494 e. The van der Waals surface area contributed by atoms with E-state index in [1.165, 1.54) is 12.1 Å². The molecule has 0 saturated heterocycles. The largest absolute Gasteiger partial charge is 0.494 e. The maximum absolute atomic E-state index is 13.6. The highest BCUT2D eigenvalue weighted by Crippen LogP contribution is 2.24. The molecule has 0 fully saturated rings. The van der Waals surface area contributed by atoms with Crippen LogP contribution in [0.2, 0.25) is 0 Å². The number of hydrogen-bond acceptors (Lipinski definition) is 4. The van der Waals surface area contributed by atoms with E-state index in [-0.39, 0.29) is 23.7 Å². The molecular formula is C21H25FN2O4. The summed E-state index contributed by atoms with van der Waals surface area (Å²) in [5.41, 5.74) is 0.498. The summed E-state index contributed by atoms with van der Waals surface area (Å²) in [5, 5.41) is 5.15. The van der Waals surface area contributed by atoms with Gasteiger partial charge in [-0.1, -0.05) is 12.1 Å². The fourth-order valence-corrected chi connectivity index (χ4v) is 2.39. The van der Waals surface area contributed by atoms with Crippen LogP contribution >= 0.6 is 0 Å². The lowest BCUT2D eigenvalue weighted by Crippen LogP contribution is -2.27. The molecule has 2 rings (SSSR count). The number of benzene rings is 2. The van der Waals surface area contributed by atoms with Gasteiger partial charge in [-0.15, -0.1) is 0 Å². The van der Waals surface area contributed by atoms with Crippen LogP contribution in [0.3, 0.4) is 0 Å². The first-order valence-corrected chi connectivity index (χ1v) is 8.97. The molecule has 0 saturated carbocycles. The summed E-state index contributed by atoms with van der Waals surface area (Å²) in [6.07, 6.45) is -0.601. The Morgan fingerprint density at radius 2 is 1.68 bits per heavy atom. The van der Waals surface area contributed by atoms with Gasteiger partial charge in [0.1, 0.15) is 17.2 Å². The van der Waals surface area contributed by atoms with E-state index in [4.69, 9.17) is 9.47 Å². The smallest absolute Gasteiger partial charge is 0.412 e. The highest BCUT2D eigenvalue weighted by molar-refractivity contribution is 5.98. The number of halogens is 1. The lowest BCUT2D eigenvalue weighted by molar-refractivity contribution is -0.115. The highest BCUT2D eigenvalue weighted by Gasteiger charge is 2.18. The van der Waals surface area contributed by atoms with Crippen LogP contribution in [0.4, 0.5) is 20.6 Å². The van der Waals surface area contributed by atoms with E-state index in [2.05, 4.69) is 10.6 Å². The van der Waals surface area contributed by atoms with Crippen LogP contribution in [0.5, 0.6) is 5.75 Å². The lowest BCUT2D eigenvalue weighted by atomic mass is 10.1. The van der Waals surface area contributed by atoms with Gasteiger partial charge >= 0.3 is 6.09 Å². The molecule has 7 heteroatoms. The number of rotatable bonds is 6. The maximum atomic E-state index is 13.6. The Hall–Kier alpha value is -3.09. The third-order valence-corrected chi connectivity index (χ3v) is 3.49. The molecule has 28 heavy (non-hydrogen) atoms. The van der Waals surface area contributed by atoms with Crippen molar-refractivity contribution in [1.29, 1.82) is 0 Å². The van der Waals surface area contributed by atoms with E-state index in [0.717, 1.165) is 17.4 Å². The number of nitrogens with one attached hydrogen (secondary N) is 2. The van der Waals surface area contributed by atoms with Gasteiger partial charge in [0.2, 0.25) is 5.91 Å². The second kappa shape index (κ2) is 9.21. The molecule has 0 bridgehead atoms. The summed E-state index contributed by atoms with van der Waals surface area (Å²) >= 11 is 0. The van der Waals surface area contributed by atoms with Crippen LogP contribution in [0.15, 0.2) is 42.5 Å². The molecule has 6 nitrogen and oxygen atoms in total. The minimum absolute atomic E-state index is 0.0921. The van der Waals surface area contributed by atoms with Crippen molar-refractivity contribution >= 4 is 23.4 Å². The van der Waals surface area contributed by atoms with Crippen LogP contribution in [0, 0.1) is 5.82 Å². The molecular weight excluding hydrogens is 363 g/mol. The Bertz CT molecular complexity index is 829. The van der Waals surface area contributed by atoms with E-state index in [0.29, 0.717) is 6.61 Å². The quantitative estimate of drug-likeness (QED) is 0.748. The van der Waals surface area contributed by atoms with Crippen molar-refractivity contribution in [3.8, 4) is 5.75 Å². The molecule has 0 atom stereocenters. The van der Waals surface area contributed by atoms with Crippen molar-refractivity contribution in [3.05, 3.63) is 53.8 Å². The van der Waals surface area contributed by atoms with Gasteiger partial charge in [0.25, 0.3) is 0 Å². The fraction of sp³-hybridized carbons (Fsp3) is 0.333. The summed E-state index contributed by atoms with van der Waals surface area (Å²) in [6, 6.07) is 10.8. The zero-order valence-corrected chi connectivity index (χ0v) is 16.5. The van der Waals surface area contributed by atoms with Gasteiger partial charge in [0.05, 0.1) is 24.4 Å². The Morgan fingerprint density at radius 1 is 1.00 bits per heavy atom. The number of carbonyl (C=O) groups excluding carboxylic acids is 2. The van der Waals surface area contributed by atoms with Gasteiger partial charge in [-0.2, -0.15) is 0 Å². The molecule has 2 aromatic carbocycles. The van der Waals surface area contributed by atoms with Crippen molar-refractivity contribution in [2.45, 2.75) is 39.7 Å². The van der Waals surface area contributed by atoms with Crippen molar-refractivity contribution < 1.29 is 23.5 Å². The molecule has 2 N–H and O–H groups in total. The number of ether oxygens (including phenoxy) is 2. The maximum Gasteiger partial charge on any atom is 0.412 e. The Labute approximate surface area is 164 Å². The van der Waals surface area contributed by atoms with Gasteiger partial charge in [-0.05, 0) is 63.6 Å². The summed E-state index contributed by atoms with van der Waals surface area (Å²) in [4.78, 5) is 24.3. The monoisotopic (exact) mass is 388 g/mol. The van der Waals surface area contributed by atoms with Crippen molar-refractivity contribution in [2.75, 3.05) is 17.2 Å². The van der Waals surface area contributed by atoms with Gasteiger partial charge in [-0.25, -0.2) is 9.18 Å². The first kappa shape index (κ1) is 21.2. The number of amides is 2. The molecule has 150 valence electrons. The van der Waals surface area contributed by atoms with Gasteiger partial charge in [0.15, 0.2) is 0 Å². The summed E-state index contributed by atoms with van der Waals surface area (Å²) < 4.78 is 24.2. The molecule has 0 aliphatic heterocycles. The Balaban J connectivity index is 2.06. The van der Waals surface area contributed by atoms with Crippen LogP contribution in [0.25, 0.3) is 0 Å². The van der Waals surface area contributed by atoms with Gasteiger partial charge < -0.3 is 14.8 Å². The van der Waals surface area contributed by atoms with E-state index in [1.54, 1.807) is 45.0 Å². The zero-order chi connectivity index (χ0) is 20.7. The lowest BCUT2D eigenvalue weighted by Gasteiger charge is -2.20. The number of carbonyl (C=O) groups is 2. The first-order chi connectivity index (χ1) is 13.2. The predicted molar refractivity (Wildman–Crippen MR) is 106 cm³/mol. The van der Waals surface area contributed by atoms with Crippen molar-refractivity contribution in [2.24, 2.45) is 0 Å². The number of hydrogen-bond donors (Lipinski definition) is 2. The molecule has 0 aliphatic rings. The predicted octanol–water partition coefficient (Wildman–Crippen LogP) is 4.75. The van der Waals surface area contributed by atoms with Crippen LogP contribution in [0.1, 0.15) is 33.3 Å². The molecule has 2 aromatic rings. The summed E-state index contributed by atoms with van der Waals surface area (Å²) in [7, 11) is 0. The summed E-state index contributed by atoms with van der Waals surface area (Å²) in [6.45, 7) is 7.65. The van der Waals surface area contributed by atoms with E-state index in [9.17, 15) is 14.0 Å². The highest BCUT2D eigenvalue weighted by atomic mass is 19.1. The average Bonchev–Trinajstić information content (AvgIpc) is 2.57. The average molecular weight is 388 g/mol. The number of anilines is 2. The van der Waals surface area contributed by atoms with Crippen LogP contribution in [-0.4, -0.2) is 24.2 Å². The normalized spacial score (nSPS) is 10.9. The first-order valence-electron chi connectivity index (χ1n) is 8.97.